The van der Waals surface area contributed by atoms with Crippen molar-refractivity contribution >= 4 is 23.3 Å². The summed E-state index contributed by atoms with van der Waals surface area (Å²) in [7, 11) is 1.40. The Labute approximate surface area is 134 Å². The van der Waals surface area contributed by atoms with Crippen LogP contribution < -0.4 is 5.32 Å². The molecule has 8 heteroatoms. The van der Waals surface area contributed by atoms with E-state index < -0.39 is 0 Å². The summed E-state index contributed by atoms with van der Waals surface area (Å²) in [5, 5.41) is 3.83. The van der Waals surface area contributed by atoms with Gasteiger partial charge in [-0.15, -0.1) is 11.3 Å². The Bertz CT molecular complexity index is 538. The number of thiazole rings is 1. The van der Waals surface area contributed by atoms with Crippen molar-refractivity contribution in [3.8, 4) is 0 Å². The highest BCUT2D eigenvalue weighted by molar-refractivity contribution is 7.13. The minimum absolute atomic E-state index is 0.0590. The van der Waals surface area contributed by atoms with Crippen LogP contribution in [0.3, 0.4) is 0 Å². The zero-order chi connectivity index (χ0) is 16.1. The minimum atomic E-state index is -0.274. The molecule has 1 N–H and O–H groups in total. The lowest BCUT2D eigenvalue weighted by molar-refractivity contribution is 0.0886. The van der Waals surface area contributed by atoms with Gasteiger partial charge in [0, 0.05) is 39.3 Å². The van der Waals surface area contributed by atoms with Gasteiger partial charge in [0.15, 0.2) is 0 Å². The zero-order valence-electron chi connectivity index (χ0n) is 13.2. The van der Waals surface area contributed by atoms with Gasteiger partial charge in [-0.25, -0.2) is 9.78 Å². The summed E-state index contributed by atoms with van der Waals surface area (Å²) in [6.45, 7) is 8.03. The lowest BCUT2D eigenvalue weighted by atomic mass is 10.3. The van der Waals surface area contributed by atoms with Gasteiger partial charge in [-0.3, -0.25) is 9.69 Å². The zero-order valence-corrected chi connectivity index (χ0v) is 14.0. The molecule has 0 atom stereocenters. The maximum Gasteiger partial charge on any atom is 0.409 e. The fraction of sp³-hybridized carbons (Fsp3) is 0.643. The molecule has 1 aliphatic heterocycles. The van der Waals surface area contributed by atoms with Crippen LogP contribution in [-0.4, -0.2) is 73.2 Å². The lowest BCUT2D eigenvalue weighted by Gasteiger charge is -2.33. The predicted octanol–water partition coefficient (Wildman–Crippen LogP) is 0.874. The van der Waals surface area contributed by atoms with Crippen LogP contribution in [0.2, 0.25) is 0 Å². The molecule has 0 bridgehead atoms. The SMILES string of the molecule is COC(=O)N1CCN(CCNC(=O)c2sc(C)nc2C)CC1. The van der Waals surface area contributed by atoms with Crippen molar-refractivity contribution < 1.29 is 14.3 Å². The third kappa shape index (κ3) is 4.17. The standard InChI is InChI=1S/C14H22N4O3S/c1-10-12(22-11(2)16-10)13(19)15-4-5-17-6-8-18(9-7-17)14(20)21-3/h4-9H2,1-3H3,(H,15,19). The molecular weight excluding hydrogens is 304 g/mol. The smallest absolute Gasteiger partial charge is 0.409 e. The molecule has 1 saturated heterocycles. The molecule has 2 amide bonds. The summed E-state index contributed by atoms with van der Waals surface area (Å²) < 4.78 is 4.71. The Hall–Kier alpha value is -1.67. The first kappa shape index (κ1) is 16.7. The van der Waals surface area contributed by atoms with Crippen LogP contribution in [0.4, 0.5) is 4.79 Å². The number of nitrogens with zero attached hydrogens (tertiary/aromatic N) is 3. The van der Waals surface area contributed by atoms with Crippen LogP contribution >= 0.6 is 11.3 Å². The first-order chi connectivity index (χ1) is 10.5. The van der Waals surface area contributed by atoms with E-state index in [0.29, 0.717) is 24.5 Å². The average Bonchev–Trinajstić information content (AvgIpc) is 2.86. The molecule has 0 spiro atoms. The van der Waals surface area contributed by atoms with E-state index in [4.69, 9.17) is 4.74 Å². The second-order valence-electron chi connectivity index (χ2n) is 5.20. The number of hydrogen-bond acceptors (Lipinski definition) is 6. The molecule has 0 saturated carbocycles. The second kappa shape index (κ2) is 7.55. The van der Waals surface area contributed by atoms with E-state index in [9.17, 15) is 9.59 Å². The van der Waals surface area contributed by atoms with Crippen LogP contribution in [0, 0.1) is 13.8 Å². The highest BCUT2D eigenvalue weighted by Crippen LogP contribution is 2.16. The van der Waals surface area contributed by atoms with Crippen LogP contribution in [0.15, 0.2) is 0 Å². The summed E-state index contributed by atoms with van der Waals surface area (Å²) in [5.74, 6) is -0.0590. The van der Waals surface area contributed by atoms with Gasteiger partial charge in [-0.05, 0) is 13.8 Å². The Kier molecular flexibility index (Phi) is 5.73. The number of nitrogens with one attached hydrogen (secondary N) is 1. The molecule has 2 heterocycles. The normalized spacial score (nSPS) is 15.7. The second-order valence-corrected chi connectivity index (χ2v) is 6.41. The van der Waals surface area contributed by atoms with E-state index >= 15 is 0 Å². The van der Waals surface area contributed by atoms with Crippen LogP contribution in [0.5, 0.6) is 0 Å². The highest BCUT2D eigenvalue weighted by Gasteiger charge is 2.21. The molecule has 2 rings (SSSR count). The van der Waals surface area contributed by atoms with Gasteiger partial charge >= 0.3 is 6.09 Å². The number of hydrogen-bond donors (Lipinski definition) is 1. The van der Waals surface area contributed by atoms with E-state index in [1.165, 1.54) is 18.4 Å². The van der Waals surface area contributed by atoms with E-state index in [-0.39, 0.29) is 12.0 Å². The van der Waals surface area contributed by atoms with Gasteiger partial charge in [0.25, 0.3) is 5.91 Å². The van der Waals surface area contributed by atoms with Gasteiger partial charge in [0.2, 0.25) is 0 Å². The van der Waals surface area contributed by atoms with Gasteiger partial charge in [0.05, 0.1) is 17.8 Å². The number of piperazine rings is 1. The maximum absolute atomic E-state index is 12.1. The number of carbonyl (C=O) groups excluding carboxylic acids is 2. The quantitative estimate of drug-likeness (QED) is 0.889. The van der Waals surface area contributed by atoms with Crippen LogP contribution in [0.1, 0.15) is 20.4 Å². The number of amides is 2. The monoisotopic (exact) mass is 326 g/mol. The molecule has 7 nitrogen and oxygen atoms in total. The van der Waals surface area contributed by atoms with E-state index in [1.807, 2.05) is 13.8 Å². The number of aromatic nitrogens is 1. The maximum atomic E-state index is 12.1. The van der Waals surface area contributed by atoms with E-state index in [2.05, 4.69) is 15.2 Å². The van der Waals surface area contributed by atoms with Crippen molar-refractivity contribution in [2.24, 2.45) is 0 Å². The number of carbonyl (C=O) groups is 2. The highest BCUT2D eigenvalue weighted by atomic mass is 32.1. The Balaban J connectivity index is 1.70. The van der Waals surface area contributed by atoms with Crippen molar-refractivity contribution in [2.75, 3.05) is 46.4 Å². The summed E-state index contributed by atoms with van der Waals surface area (Å²) >= 11 is 1.42. The predicted molar refractivity (Wildman–Crippen MR) is 84.3 cm³/mol. The van der Waals surface area contributed by atoms with Crippen molar-refractivity contribution in [1.29, 1.82) is 0 Å². The third-order valence-corrected chi connectivity index (χ3v) is 4.70. The molecule has 1 aromatic rings. The fourth-order valence-electron chi connectivity index (χ4n) is 2.43. The van der Waals surface area contributed by atoms with Crippen molar-refractivity contribution in [3.05, 3.63) is 15.6 Å². The molecule has 1 fully saturated rings. The lowest BCUT2D eigenvalue weighted by Crippen LogP contribution is -2.50. The summed E-state index contributed by atoms with van der Waals surface area (Å²) in [4.78, 5) is 32.3. The van der Waals surface area contributed by atoms with Crippen LogP contribution in [0.25, 0.3) is 0 Å². The number of ether oxygens (including phenoxy) is 1. The molecule has 0 radical (unpaired) electrons. The molecule has 122 valence electrons. The van der Waals surface area contributed by atoms with E-state index in [1.54, 1.807) is 4.90 Å². The molecule has 0 aromatic carbocycles. The van der Waals surface area contributed by atoms with Gasteiger partial charge in [-0.1, -0.05) is 0 Å². The summed E-state index contributed by atoms with van der Waals surface area (Å²) in [6.07, 6.45) is -0.274. The van der Waals surface area contributed by atoms with Crippen molar-refractivity contribution in [3.63, 3.8) is 0 Å². The Morgan fingerprint density at radius 2 is 1.95 bits per heavy atom. The average molecular weight is 326 g/mol. The third-order valence-electron chi connectivity index (χ3n) is 3.63. The Morgan fingerprint density at radius 1 is 1.27 bits per heavy atom. The number of rotatable bonds is 4. The molecular formula is C14H22N4O3S. The molecule has 1 aromatic heterocycles. The van der Waals surface area contributed by atoms with Crippen LogP contribution in [-0.2, 0) is 4.74 Å². The van der Waals surface area contributed by atoms with Crippen molar-refractivity contribution in [2.45, 2.75) is 13.8 Å². The summed E-state index contributed by atoms with van der Waals surface area (Å²) in [6, 6.07) is 0. The fourth-order valence-corrected chi connectivity index (χ4v) is 3.27. The Morgan fingerprint density at radius 3 is 2.50 bits per heavy atom. The number of aryl methyl sites for hydroxylation is 2. The molecule has 1 aliphatic rings. The largest absolute Gasteiger partial charge is 0.453 e. The molecule has 22 heavy (non-hydrogen) atoms. The van der Waals surface area contributed by atoms with E-state index in [0.717, 1.165) is 30.3 Å². The summed E-state index contributed by atoms with van der Waals surface area (Å²) in [5.41, 5.74) is 0.784. The first-order valence-electron chi connectivity index (χ1n) is 7.28. The van der Waals surface area contributed by atoms with Gasteiger partial charge in [-0.2, -0.15) is 0 Å². The first-order valence-corrected chi connectivity index (χ1v) is 8.10. The molecule has 0 aliphatic carbocycles. The number of methoxy groups -OCH3 is 1. The topological polar surface area (TPSA) is 74.8 Å². The minimum Gasteiger partial charge on any atom is -0.453 e. The van der Waals surface area contributed by atoms with Gasteiger partial charge in [0.1, 0.15) is 4.88 Å². The molecule has 0 unspecified atom stereocenters. The van der Waals surface area contributed by atoms with Crippen molar-refractivity contribution in [1.82, 2.24) is 20.1 Å². The van der Waals surface area contributed by atoms with Gasteiger partial charge < -0.3 is 15.0 Å².